The Balaban J connectivity index is 1.70. The van der Waals surface area contributed by atoms with Crippen LogP contribution >= 0.6 is 0 Å². The van der Waals surface area contributed by atoms with Crippen LogP contribution in [0.1, 0.15) is 23.3 Å². The van der Waals surface area contributed by atoms with Gasteiger partial charge in [0.2, 0.25) is 10.0 Å². The lowest BCUT2D eigenvalue weighted by atomic mass is 10.2. The summed E-state index contributed by atoms with van der Waals surface area (Å²) in [6.45, 7) is 2.68. The number of nitrogens with one attached hydrogen (secondary N) is 2. The molecule has 1 aromatic carbocycles. The number of piperazine rings is 1. The van der Waals surface area contributed by atoms with Gasteiger partial charge in [0.25, 0.3) is 5.89 Å². The van der Waals surface area contributed by atoms with E-state index >= 15 is 0 Å². The summed E-state index contributed by atoms with van der Waals surface area (Å²) in [5.41, 5.74) is 0.839. The zero-order valence-corrected chi connectivity index (χ0v) is 15.0. The molecule has 1 aromatic heterocycles. The number of likely N-dealkylation sites (N-methyl/N-ethyl adjacent to an activating group) is 1. The van der Waals surface area contributed by atoms with Gasteiger partial charge in [-0.2, -0.15) is 4.98 Å². The number of nitrogens with zero attached hydrogens (tertiary/aromatic N) is 3. The fraction of sp³-hybridized carbons (Fsp3) is 0.375. The number of sulfonamides is 1. The van der Waals surface area contributed by atoms with Crippen molar-refractivity contribution >= 4 is 22.2 Å². The quantitative estimate of drug-likeness (QED) is 0.807. The first-order valence-corrected chi connectivity index (χ1v) is 9.44. The van der Waals surface area contributed by atoms with Gasteiger partial charge in [0.15, 0.2) is 5.82 Å². The van der Waals surface area contributed by atoms with E-state index < -0.39 is 10.0 Å². The molecular formula is C16H21N5O3S. The molecule has 0 aliphatic carbocycles. The first kappa shape index (κ1) is 17.7. The van der Waals surface area contributed by atoms with Crippen LogP contribution in [0.3, 0.4) is 0 Å². The average Bonchev–Trinajstić information content (AvgIpc) is 3.09. The van der Waals surface area contributed by atoms with E-state index in [0.29, 0.717) is 11.7 Å². The highest BCUT2D eigenvalue weighted by molar-refractivity contribution is 7.89. The van der Waals surface area contributed by atoms with Gasteiger partial charge in [-0.15, -0.1) is 0 Å². The van der Waals surface area contributed by atoms with E-state index in [-0.39, 0.29) is 10.9 Å². The van der Waals surface area contributed by atoms with E-state index in [1.165, 1.54) is 7.05 Å². The van der Waals surface area contributed by atoms with Crippen molar-refractivity contribution < 1.29 is 12.9 Å². The van der Waals surface area contributed by atoms with Gasteiger partial charge in [0.05, 0.1) is 10.9 Å². The molecule has 0 saturated carbocycles. The number of aromatic nitrogens is 2. The molecule has 2 heterocycles. The van der Waals surface area contributed by atoms with E-state index in [4.69, 9.17) is 4.52 Å². The summed E-state index contributed by atoms with van der Waals surface area (Å²) in [7, 11) is 0.00237. The van der Waals surface area contributed by atoms with Crippen molar-refractivity contribution in [1.29, 1.82) is 0 Å². The number of hydrogen-bond acceptors (Lipinski definition) is 7. The minimum atomic E-state index is -3.42. The van der Waals surface area contributed by atoms with Crippen molar-refractivity contribution in [2.75, 3.05) is 33.7 Å². The van der Waals surface area contributed by atoms with Gasteiger partial charge in [0, 0.05) is 25.7 Å². The van der Waals surface area contributed by atoms with Crippen molar-refractivity contribution in [2.24, 2.45) is 0 Å². The summed E-state index contributed by atoms with van der Waals surface area (Å²) in [6, 6.07) is 6.64. The molecule has 2 aromatic rings. The second kappa shape index (κ2) is 7.44. The Labute approximate surface area is 147 Å². The van der Waals surface area contributed by atoms with Gasteiger partial charge in [-0.1, -0.05) is 17.3 Å². The second-order valence-electron chi connectivity index (χ2n) is 5.80. The molecule has 25 heavy (non-hydrogen) atoms. The molecule has 1 saturated heterocycles. The Bertz CT molecular complexity index is 845. The topological polar surface area (TPSA) is 100 Å². The molecule has 0 bridgehead atoms. The van der Waals surface area contributed by atoms with Crippen LogP contribution < -0.4 is 10.0 Å². The lowest BCUT2D eigenvalue weighted by molar-refractivity contribution is 0.190. The molecule has 1 aliphatic rings. The van der Waals surface area contributed by atoms with Gasteiger partial charge < -0.3 is 9.84 Å². The highest BCUT2D eigenvalue weighted by Crippen LogP contribution is 2.18. The monoisotopic (exact) mass is 363 g/mol. The second-order valence-corrected chi connectivity index (χ2v) is 7.69. The number of benzene rings is 1. The molecule has 0 radical (unpaired) electrons. The maximum Gasteiger partial charge on any atom is 0.250 e. The molecule has 0 amide bonds. The zero-order chi connectivity index (χ0) is 17.9. The fourth-order valence-electron chi connectivity index (χ4n) is 2.59. The van der Waals surface area contributed by atoms with E-state index in [2.05, 4.69) is 25.1 Å². The molecule has 1 fully saturated rings. The largest absolute Gasteiger partial charge is 0.335 e. The van der Waals surface area contributed by atoms with Crippen molar-refractivity contribution in [3.63, 3.8) is 0 Å². The number of hydrogen-bond donors (Lipinski definition) is 2. The lowest BCUT2D eigenvalue weighted by Gasteiger charge is -2.30. The molecular weight excluding hydrogens is 342 g/mol. The first-order chi connectivity index (χ1) is 12.0. The van der Waals surface area contributed by atoms with Gasteiger partial charge in [-0.3, -0.25) is 4.90 Å². The maximum absolute atomic E-state index is 11.7. The molecule has 9 heteroatoms. The summed E-state index contributed by atoms with van der Waals surface area (Å²) < 4.78 is 31.0. The van der Waals surface area contributed by atoms with Gasteiger partial charge in [-0.05, 0) is 37.9 Å². The molecule has 1 atom stereocenters. The predicted octanol–water partition coefficient (Wildman–Crippen LogP) is 0.724. The minimum absolute atomic E-state index is 0.102. The predicted molar refractivity (Wildman–Crippen MR) is 94.2 cm³/mol. The Kier molecular flexibility index (Phi) is 5.28. The highest BCUT2D eigenvalue weighted by Gasteiger charge is 2.24. The molecule has 134 valence electrons. The first-order valence-electron chi connectivity index (χ1n) is 7.96. The highest BCUT2D eigenvalue weighted by atomic mass is 32.2. The average molecular weight is 363 g/mol. The van der Waals surface area contributed by atoms with Gasteiger partial charge in [0.1, 0.15) is 0 Å². The summed E-state index contributed by atoms with van der Waals surface area (Å²) in [5, 5.41) is 7.37. The van der Waals surface area contributed by atoms with Crippen molar-refractivity contribution in [2.45, 2.75) is 10.9 Å². The van der Waals surface area contributed by atoms with Crippen molar-refractivity contribution in [3.05, 3.63) is 41.5 Å². The fourth-order valence-corrected chi connectivity index (χ4v) is 3.32. The molecule has 1 aliphatic heterocycles. The Morgan fingerprint density at radius 3 is 2.76 bits per heavy atom. The third-order valence-corrected chi connectivity index (χ3v) is 5.57. The van der Waals surface area contributed by atoms with Crippen LogP contribution in [0.25, 0.3) is 12.2 Å². The molecule has 0 spiro atoms. The van der Waals surface area contributed by atoms with Gasteiger partial charge >= 0.3 is 0 Å². The van der Waals surface area contributed by atoms with Crippen LogP contribution in [0.5, 0.6) is 0 Å². The third-order valence-electron chi connectivity index (χ3n) is 4.14. The van der Waals surface area contributed by atoms with Crippen LogP contribution in [0.15, 0.2) is 33.7 Å². The Hall–Kier alpha value is -2.07. The smallest absolute Gasteiger partial charge is 0.250 e. The molecule has 3 rings (SSSR count). The number of rotatable bonds is 5. The van der Waals surface area contributed by atoms with Gasteiger partial charge in [-0.25, -0.2) is 13.1 Å². The summed E-state index contributed by atoms with van der Waals surface area (Å²) in [5.74, 6) is 1.07. The lowest BCUT2D eigenvalue weighted by Crippen LogP contribution is -2.44. The normalized spacial score (nSPS) is 19.5. The third kappa shape index (κ3) is 4.13. The van der Waals surface area contributed by atoms with Crippen LogP contribution in [-0.4, -0.2) is 57.2 Å². The van der Waals surface area contributed by atoms with E-state index in [9.17, 15) is 8.42 Å². The summed E-state index contributed by atoms with van der Waals surface area (Å²) in [4.78, 5) is 6.83. The Morgan fingerprint density at radius 2 is 2.08 bits per heavy atom. The van der Waals surface area contributed by atoms with Crippen molar-refractivity contribution in [1.82, 2.24) is 25.1 Å². The van der Waals surface area contributed by atoms with E-state index in [1.54, 1.807) is 36.4 Å². The summed E-state index contributed by atoms with van der Waals surface area (Å²) in [6.07, 6.45) is 3.52. The van der Waals surface area contributed by atoms with Crippen LogP contribution in [-0.2, 0) is 10.0 Å². The Morgan fingerprint density at radius 1 is 1.32 bits per heavy atom. The van der Waals surface area contributed by atoms with E-state index in [0.717, 1.165) is 25.2 Å². The van der Waals surface area contributed by atoms with Crippen LogP contribution in [0, 0.1) is 0 Å². The minimum Gasteiger partial charge on any atom is -0.335 e. The van der Waals surface area contributed by atoms with E-state index in [1.807, 2.05) is 7.05 Å². The summed E-state index contributed by atoms with van der Waals surface area (Å²) >= 11 is 0. The van der Waals surface area contributed by atoms with Crippen molar-refractivity contribution in [3.8, 4) is 0 Å². The molecule has 8 nitrogen and oxygen atoms in total. The maximum atomic E-state index is 11.7. The van der Waals surface area contributed by atoms with Crippen LogP contribution in [0.2, 0.25) is 0 Å². The van der Waals surface area contributed by atoms with Crippen LogP contribution in [0.4, 0.5) is 0 Å². The standard InChI is InChI=1S/C16H21N5O3S/c1-17-25(22,23)13-6-3-12(4-7-13)5-8-15-19-16(20-24-15)14-11-18-9-10-21(14)2/h3-8,14,17-18H,9-11H2,1-2H3/b8-5+. The SMILES string of the molecule is CNS(=O)(=O)c1ccc(/C=C/c2nc(C3CNCCN3C)no2)cc1. The molecule has 2 N–H and O–H groups in total. The molecule has 1 unspecified atom stereocenters. The zero-order valence-electron chi connectivity index (χ0n) is 14.1.